The fourth-order valence-electron chi connectivity index (χ4n) is 2.49. The van der Waals surface area contributed by atoms with Crippen molar-refractivity contribution < 1.29 is 22.5 Å². The third-order valence-corrected chi connectivity index (χ3v) is 6.27. The van der Waals surface area contributed by atoms with Crippen LogP contribution in [0.25, 0.3) is 0 Å². The molecular weight excluding hydrogens is 494 g/mol. The maximum absolute atomic E-state index is 13.5. The Hall–Kier alpha value is -2.59. The Morgan fingerprint density at radius 1 is 1.00 bits per heavy atom. The van der Waals surface area contributed by atoms with Crippen molar-refractivity contribution >= 4 is 56.2 Å². The van der Waals surface area contributed by atoms with Gasteiger partial charge in [0.1, 0.15) is 11.6 Å². The van der Waals surface area contributed by atoms with Crippen LogP contribution in [-0.4, -0.2) is 13.3 Å². The fraction of sp³-hybridized carbons (Fsp3) is 0.0526. The van der Waals surface area contributed by atoms with Crippen LogP contribution in [0.3, 0.4) is 0 Å². The quantitative estimate of drug-likeness (QED) is 0.301. The second-order valence-corrected chi connectivity index (χ2v) is 9.16. The van der Waals surface area contributed by atoms with Crippen molar-refractivity contribution in [3.63, 3.8) is 0 Å². The van der Waals surface area contributed by atoms with E-state index in [1.807, 2.05) is 0 Å². The zero-order valence-electron chi connectivity index (χ0n) is 15.5. The molecule has 0 unspecified atom stereocenters. The molecule has 3 aromatic rings. The number of anilines is 1. The monoisotopic (exact) mass is 504 g/mol. The summed E-state index contributed by atoms with van der Waals surface area (Å²) < 4.78 is 46.7. The van der Waals surface area contributed by atoms with Crippen LogP contribution in [0.1, 0.15) is 5.56 Å². The molecule has 31 heavy (non-hydrogen) atoms. The van der Waals surface area contributed by atoms with Gasteiger partial charge in [-0.2, -0.15) is 0 Å². The number of ether oxygens (including phenoxy) is 1. The zero-order chi connectivity index (χ0) is 22.9. The number of halogens is 4. The molecule has 0 saturated heterocycles. The third-order valence-electron chi connectivity index (χ3n) is 4.06. The number of non-ortho nitro benzene ring substituents is 1. The van der Waals surface area contributed by atoms with Gasteiger partial charge in [0.25, 0.3) is 15.7 Å². The number of benzene rings is 3. The summed E-state index contributed by atoms with van der Waals surface area (Å²) in [5, 5.41) is 10.4. The molecule has 3 aromatic carbocycles. The van der Waals surface area contributed by atoms with Gasteiger partial charge in [-0.25, -0.2) is 12.8 Å². The van der Waals surface area contributed by atoms with E-state index in [9.17, 15) is 22.9 Å². The normalized spacial score (nSPS) is 11.3. The van der Waals surface area contributed by atoms with Gasteiger partial charge < -0.3 is 4.74 Å². The number of rotatable bonds is 6. The average Bonchev–Trinajstić information content (AvgIpc) is 2.68. The van der Waals surface area contributed by atoms with E-state index in [1.165, 1.54) is 24.3 Å². The molecule has 1 N–H and O–H groups in total. The van der Waals surface area contributed by atoms with E-state index in [0.717, 1.165) is 24.3 Å². The maximum atomic E-state index is 13.5. The predicted octanol–water partition coefficient (Wildman–Crippen LogP) is 6.60. The average molecular weight is 506 g/mol. The summed E-state index contributed by atoms with van der Waals surface area (Å²) in [5.74, 6) is -0.678. The van der Waals surface area contributed by atoms with Gasteiger partial charge >= 0.3 is 0 Å². The Morgan fingerprint density at radius 2 is 1.65 bits per heavy atom. The first-order valence-electron chi connectivity index (χ1n) is 8.38. The predicted molar refractivity (Wildman–Crippen MR) is 117 cm³/mol. The van der Waals surface area contributed by atoms with Crippen LogP contribution in [0.5, 0.6) is 11.5 Å². The minimum absolute atomic E-state index is 0.0279. The minimum atomic E-state index is -4.15. The molecule has 0 aromatic heterocycles. The van der Waals surface area contributed by atoms with Crippen molar-refractivity contribution in [2.24, 2.45) is 0 Å². The van der Waals surface area contributed by atoms with Gasteiger partial charge in [-0.1, -0.05) is 40.9 Å². The highest BCUT2D eigenvalue weighted by atomic mass is 35.5. The molecule has 0 radical (unpaired) electrons. The Labute approximate surface area is 191 Å². The molecule has 0 amide bonds. The summed E-state index contributed by atoms with van der Waals surface area (Å²) in [5.41, 5.74) is 0.329. The van der Waals surface area contributed by atoms with Gasteiger partial charge in [0.15, 0.2) is 5.75 Å². The first kappa shape index (κ1) is 23.1. The first-order chi connectivity index (χ1) is 14.5. The summed E-state index contributed by atoms with van der Waals surface area (Å²) in [6, 6.07) is 9.39. The summed E-state index contributed by atoms with van der Waals surface area (Å²) >= 11 is 18.3. The highest BCUT2D eigenvalue weighted by Gasteiger charge is 2.21. The van der Waals surface area contributed by atoms with Crippen LogP contribution in [0.4, 0.5) is 15.8 Å². The lowest BCUT2D eigenvalue weighted by Gasteiger charge is -2.14. The van der Waals surface area contributed by atoms with Gasteiger partial charge in [0.2, 0.25) is 0 Å². The van der Waals surface area contributed by atoms with Crippen LogP contribution in [0.15, 0.2) is 53.4 Å². The van der Waals surface area contributed by atoms with Crippen LogP contribution in [0, 0.1) is 22.9 Å². The summed E-state index contributed by atoms with van der Waals surface area (Å²) in [6.07, 6.45) is 0. The minimum Gasteiger partial charge on any atom is -0.453 e. The van der Waals surface area contributed by atoms with Crippen molar-refractivity contribution in [3.05, 3.63) is 85.1 Å². The zero-order valence-corrected chi connectivity index (χ0v) is 18.6. The van der Waals surface area contributed by atoms with Gasteiger partial charge in [-0.05, 0) is 42.8 Å². The Bertz CT molecular complexity index is 1280. The SMILES string of the molecule is Cc1ccc(F)cc1NS(=O)(=O)c1cc(Cl)c(Oc2ccc([N+](=O)[O-])cc2Cl)c(Cl)c1. The Balaban J connectivity index is 1.93. The van der Waals surface area contributed by atoms with E-state index < -0.39 is 20.8 Å². The van der Waals surface area contributed by atoms with Crippen molar-refractivity contribution in [3.8, 4) is 11.5 Å². The van der Waals surface area contributed by atoms with Crippen LogP contribution < -0.4 is 9.46 Å². The second-order valence-electron chi connectivity index (χ2n) is 6.25. The number of aryl methyl sites for hydroxylation is 1. The number of sulfonamides is 1. The molecule has 0 fully saturated rings. The van der Waals surface area contributed by atoms with Gasteiger partial charge in [-0.3, -0.25) is 14.8 Å². The van der Waals surface area contributed by atoms with E-state index in [1.54, 1.807) is 6.92 Å². The third kappa shape index (κ3) is 5.19. The number of hydrogen-bond donors (Lipinski definition) is 1. The molecule has 12 heteroatoms. The van der Waals surface area contributed by atoms with Crippen LogP contribution in [0.2, 0.25) is 15.1 Å². The molecular formula is C19H12Cl3FN2O5S. The Morgan fingerprint density at radius 3 is 2.23 bits per heavy atom. The number of nitrogens with one attached hydrogen (secondary N) is 1. The lowest BCUT2D eigenvalue weighted by molar-refractivity contribution is -0.384. The largest absolute Gasteiger partial charge is 0.453 e. The summed E-state index contributed by atoms with van der Waals surface area (Å²) in [4.78, 5) is 9.91. The van der Waals surface area contributed by atoms with Crippen molar-refractivity contribution in [2.75, 3.05) is 4.72 Å². The van der Waals surface area contributed by atoms with Crippen LogP contribution >= 0.6 is 34.8 Å². The topological polar surface area (TPSA) is 98.5 Å². The lowest BCUT2D eigenvalue weighted by Crippen LogP contribution is -2.14. The van der Waals surface area contributed by atoms with Crippen molar-refractivity contribution in [1.29, 1.82) is 0 Å². The molecule has 0 atom stereocenters. The van der Waals surface area contributed by atoms with Gasteiger partial charge in [-0.15, -0.1) is 0 Å². The first-order valence-corrected chi connectivity index (χ1v) is 11.0. The number of nitro groups is 1. The highest BCUT2D eigenvalue weighted by Crippen LogP contribution is 2.41. The summed E-state index contributed by atoms with van der Waals surface area (Å²) in [6.45, 7) is 1.61. The number of hydrogen-bond acceptors (Lipinski definition) is 5. The molecule has 0 aliphatic heterocycles. The molecule has 0 bridgehead atoms. The standard InChI is InChI=1S/C19H12Cl3FN2O5S/c1-10-2-3-11(23)6-17(10)24-31(28,29)13-8-15(21)19(16(22)9-13)30-18-5-4-12(25(26)27)7-14(18)20/h2-9,24H,1H3. The van der Waals surface area contributed by atoms with Crippen molar-refractivity contribution in [2.45, 2.75) is 11.8 Å². The van der Waals surface area contributed by atoms with Crippen molar-refractivity contribution in [1.82, 2.24) is 0 Å². The molecule has 7 nitrogen and oxygen atoms in total. The van der Waals surface area contributed by atoms with Crippen LogP contribution in [-0.2, 0) is 10.0 Å². The van der Waals surface area contributed by atoms with Gasteiger partial charge in [0.05, 0.1) is 30.6 Å². The van der Waals surface area contributed by atoms with E-state index in [-0.39, 0.29) is 42.8 Å². The number of nitrogens with zero attached hydrogens (tertiary/aromatic N) is 1. The molecule has 0 spiro atoms. The lowest BCUT2D eigenvalue weighted by atomic mass is 10.2. The maximum Gasteiger partial charge on any atom is 0.271 e. The molecule has 162 valence electrons. The van der Waals surface area contributed by atoms with Gasteiger partial charge in [0, 0.05) is 12.1 Å². The van der Waals surface area contributed by atoms with E-state index in [0.29, 0.717) is 5.56 Å². The molecule has 0 heterocycles. The second kappa shape index (κ2) is 8.88. The smallest absolute Gasteiger partial charge is 0.271 e. The Kier molecular flexibility index (Phi) is 6.61. The fourth-order valence-corrected chi connectivity index (χ4v) is 4.57. The van der Waals surface area contributed by atoms with E-state index >= 15 is 0 Å². The highest BCUT2D eigenvalue weighted by molar-refractivity contribution is 7.92. The summed E-state index contributed by atoms with van der Waals surface area (Å²) in [7, 11) is -4.15. The molecule has 0 aliphatic carbocycles. The molecule has 3 rings (SSSR count). The van der Waals surface area contributed by atoms with E-state index in [2.05, 4.69) is 4.72 Å². The molecule has 0 aliphatic rings. The molecule has 0 saturated carbocycles. The van der Waals surface area contributed by atoms with E-state index in [4.69, 9.17) is 39.5 Å². The number of nitro benzene ring substituents is 1.